The maximum atomic E-state index is 9.71. The van der Waals surface area contributed by atoms with E-state index in [1.807, 2.05) is 0 Å². The Morgan fingerprint density at radius 2 is 2.12 bits per heavy atom. The Bertz CT molecular complexity index is 195. The van der Waals surface area contributed by atoms with Gasteiger partial charge in [-0.1, -0.05) is 0 Å². The Labute approximate surface area is 47.8 Å². The summed E-state index contributed by atoms with van der Waals surface area (Å²) in [4.78, 5) is 9.71. The van der Waals surface area contributed by atoms with Gasteiger partial charge in [-0.3, -0.25) is 10.5 Å². The average molecular weight is 134 g/mol. The van der Waals surface area contributed by atoms with Crippen LogP contribution in [-0.4, -0.2) is 19.7 Å². The van der Waals surface area contributed by atoms with E-state index in [0.717, 1.165) is 5.37 Å². The molecule has 0 unspecified atom stereocenters. The van der Waals surface area contributed by atoms with Crippen LogP contribution in [0.1, 0.15) is 6.42 Å². The van der Waals surface area contributed by atoms with E-state index >= 15 is 0 Å². The lowest BCUT2D eigenvalue weighted by molar-refractivity contribution is -0.117. The van der Waals surface area contributed by atoms with Crippen molar-refractivity contribution >= 4 is 21.6 Å². The van der Waals surface area contributed by atoms with Gasteiger partial charge in [0.2, 0.25) is 16.2 Å². The van der Waals surface area contributed by atoms with Crippen LogP contribution in [0.25, 0.3) is 0 Å². The number of nitrogens with one attached hydrogen (secondary N) is 1. The summed E-state index contributed by atoms with van der Waals surface area (Å²) in [7, 11) is -2.30. The van der Waals surface area contributed by atoms with Crippen molar-refractivity contribution in [1.82, 2.24) is 5.73 Å². The fourth-order valence-corrected chi connectivity index (χ4v) is 0.431. The molecule has 8 heavy (non-hydrogen) atoms. The molecule has 1 amide bonds. The van der Waals surface area contributed by atoms with Crippen LogP contribution in [0.4, 0.5) is 0 Å². The van der Waals surface area contributed by atoms with Gasteiger partial charge >= 0.3 is 0 Å². The van der Waals surface area contributed by atoms with E-state index in [1.54, 1.807) is 0 Å². The van der Waals surface area contributed by atoms with Gasteiger partial charge in [-0.25, -0.2) is 0 Å². The van der Waals surface area contributed by atoms with Crippen molar-refractivity contribution in [2.75, 3.05) is 0 Å². The molecule has 0 saturated heterocycles. The van der Waals surface area contributed by atoms with E-state index < -0.39 is 16.2 Å². The zero-order valence-corrected chi connectivity index (χ0v) is 4.73. The van der Waals surface area contributed by atoms with E-state index in [1.165, 1.54) is 0 Å². The molecule has 0 aliphatic heterocycles. The van der Waals surface area contributed by atoms with Crippen LogP contribution in [0.5, 0.6) is 0 Å². The highest BCUT2D eigenvalue weighted by Crippen LogP contribution is 1.66. The SMILES string of the molecule is [NH]C(=O)CC=S(=O)=O. The molecule has 0 atom stereocenters. The van der Waals surface area contributed by atoms with Crippen molar-refractivity contribution in [3.8, 4) is 0 Å². The van der Waals surface area contributed by atoms with Gasteiger partial charge < -0.3 is 0 Å². The summed E-state index contributed by atoms with van der Waals surface area (Å²) in [5.41, 5.74) is 6.23. The number of carbonyl (C=O) groups excluding carboxylic acids is 1. The Kier molecular flexibility index (Phi) is 2.86. The van der Waals surface area contributed by atoms with Gasteiger partial charge in [0.15, 0.2) is 0 Å². The lowest BCUT2D eigenvalue weighted by Crippen LogP contribution is -1.97. The minimum atomic E-state index is -2.30. The molecule has 45 valence electrons. The lowest BCUT2D eigenvalue weighted by Gasteiger charge is -1.73. The molecule has 0 bridgehead atoms. The van der Waals surface area contributed by atoms with E-state index in [9.17, 15) is 13.2 Å². The van der Waals surface area contributed by atoms with Gasteiger partial charge in [0.1, 0.15) is 0 Å². The Morgan fingerprint density at radius 1 is 1.62 bits per heavy atom. The number of hydrogen-bond acceptors (Lipinski definition) is 3. The number of carbonyl (C=O) groups is 1. The number of rotatable bonds is 2. The topological polar surface area (TPSA) is 75.0 Å². The third-order valence-corrected chi connectivity index (χ3v) is 0.844. The summed E-state index contributed by atoms with van der Waals surface area (Å²) in [6, 6.07) is 0. The molecule has 0 aromatic rings. The van der Waals surface area contributed by atoms with Crippen LogP contribution in [-0.2, 0) is 15.1 Å². The molecule has 0 aromatic carbocycles. The highest BCUT2D eigenvalue weighted by atomic mass is 32.2. The largest absolute Gasteiger partial charge is 0.273 e. The molecule has 0 aliphatic carbocycles. The fourth-order valence-electron chi connectivity index (χ4n) is 0.144. The third-order valence-electron chi connectivity index (χ3n) is 0.405. The second-order valence-electron chi connectivity index (χ2n) is 1.05. The van der Waals surface area contributed by atoms with Crippen molar-refractivity contribution in [2.45, 2.75) is 6.42 Å². The summed E-state index contributed by atoms with van der Waals surface area (Å²) in [6.45, 7) is 0. The van der Waals surface area contributed by atoms with Gasteiger partial charge in [0.25, 0.3) is 0 Å². The van der Waals surface area contributed by atoms with E-state index in [2.05, 4.69) is 0 Å². The summed E-state index contributed by atoms with van der Waals surface area (Å²) >= 11 is 0. The maximum Gasteiger partial charge on any atom is 0.243 e. The van der Waals surface area contributed by atoms with Gasteiger partial charge in [0.05, 0.1) is 6.42 Å². The van der Waals surface area contributed by atoms with Gasteiger partial charge in [-0.05, 0) is 0 Å². The second kappa shape index (κ2) is 3.20. The molecule has 1 radical (unpaired) electrons. The quantitative estimate of drug-likeness (QED) is 0.448. The Balaban J connectivity index is 3.81. The van der Waals surface area contributed by atoms with E-state index in [-0.39, 0.29) is 6.42 Å². The Hall–Kier alpha value is -0.840. The first kappa shape index (κ1) is 7.16. The Morgan fingerprint density at radius 3 is 2.25 bits per heavy atom. The summed E-state index contributed by atoms with van der Waals surface area (Å²) in [5.74, 6) is -0.894. The molecule has 0 saturated carbocycles. The van der Waals surface area contributed by atoms with Crippen molar-refractivity contribution in [1.29, 1.82) is 0 Å². The zero-order chi connectivity index (χ0) is 6.57. The van der Waals surface area contributed by atoms with Crippen LogP contribution in [0, 0.1) is 0 Å². The lowest BCUT2D eigenvalue weighted by atomic mass is 10.5. The van der Waals surface area contributed by atoms with Crippen LogP contribution < -0.4 is 5.73 Å². The van der Waals surface area contributed by atoms with E-state index in [0.29, 0.717) is 0 Å². The molecule has 0 aliphatic rings. The molecular formula is C3H4NO3S. The summed E-state index contributed by atoms with van der Waals surface area (Å²) in [6.07, 6.45) is -0.323. The molecule has 0 heterocycles. The van der Waals surface area contributed by atoms with Crippen LogP contribution >= 0.6 is 0 Å². The molecule has 0 aromatic heterocycles. The molecule has 0 spiro atoms. The fraction of sp³-hybridized carbons (Fsp3) is 0.333. The first-order valence-electron chi connectivity index (χ1n) is 1.78. The predicted molar refractivity (Wildman–Crippen MR) is 27.7 cm³/mol. The molecule has 5 heteroatoms. The maximum absolute atomic E-state index is 9.71. The summed E-state index contributed by atoms with van der Waals surface area (Å²) in [5, 5.41) is 0.745. The van der Waals surface area contributed by atoms with Gasteiger partial charge in [-0.15, -0.1) is 0 Å². The molecule has 0 rings (SSSR count). The van der Waals surface area contributed by atoms with Crippen molar-refractivity contribution in [3.63, 3.8) is 0 Å². The van der Waals surface area contributed by atoms with Crippen molar-refractivity contribution < 1.29 is 13.2 Å². The smallest absolute Gasteiger partial charge is 0.243 e. The minimum Gasteiger partial charge on any atom is -0.273 e. The monoisotopic (exact) mass is 134 g/mol. The molecular weight excluding hydrogens is 130 g/mol. The number of hydrogen-bond donors (Lipinski definition) is 0. The van der Waals surface area contributed by atoms with Crippen molar-refractivity contribution in [3.05, 3.63) is 0 Å². The van der Waals surface area contributed by atoms with E-state index in [4.69, 9.17) is 5.73 Å². The number of amides is 1. The first-order valence-corrected chi connectivity index (χ1v) is 2.92. The van der Waals surface area contributed by atoms with Crippen LogP contribution in [0.15, 0.2) is 0 Å². The predicted octanol–water partition coefficient (Wildman–Crippen LogP) is -1.13. The van der Waals surface area contributed by atoms with Gasteiger partial charge in [-0.2, -0.15) is 8.42 Å². The van der Waals surface area contributed by atoms with Crippen LogP contribution in [0.2, 0.25) is 0 Å². The minimum absolute atomic E-state index is 0.323. The third kappa shape index (κ3) is 5.16. The summed E-state index contributed by atoms with van der Waals surface area (Å²) < 4.78 is 19.2. The second-order valence-corrected chi connectivity index (χ2v) is 1.91. The van der Waals surface area contributed by atoms with Gasteiger partial charge in [0, 0.05) is 5.37 Å². The molecule has 4 nitrogen and oxygen atoms in total. The average Bonchev–Trinajstić information content (AvgIpc) is 1.61. The molecule has 0 fully saturated rings. The van der Waals surface area contributed by atoms with Crippen LogP contribution in [0.3, 0.4) is 0 Å². The standard InChI is InChI=1S/C3H4NO3S/c4-3(5)1-2-8(6)7/h2,4H,1H2. The highest BCUT2D eigenvalue weighted by Gasteiger charge is 1.87. The van der Waals surface area contributed by atoms with Crippen molar-refractivity contribution in [2.24, 2.45) is 0 Å². The zero-order valence-electron chi connectivity index (χ0n) is 3.92. The normalized spacial score (nSPS) is 8.00. The first-order chi connectivity index (χ1) is 3.63. The molecule has 1 N–H and O–H groups in total. The highest BCUT2D eigenvalue weighted by molar-refractivity contribution is 7.71.